The number of nitrogens with two attached hydrogens (primary N) is 1. The third kappa shape index (κ3) is 2.75. The lowest BCUT2D eigenvalue weighted by Crippen LogP contribution is -2.32. The normalized spacial score (nSPS) is 12.2. The highest BCUT2D eigenvalue weighted by molar-refractivity contribution is 5.94. The number of nitrogens with one attached hydrogen (secondary N) is 2. The van der Waals surface area contributed by atoms with E-state index in [0.717, 1.165) is 22.2 Å². The summed E-state index contributed by atoms with van der Waals surface area (Å²) in [5.74, 6) is -0.519. The van der Waals surface area contributed by atoms with Crippen molar-refractivity contribution in [2.45, 2.75) is 12.5 Å². The van der Waals surface area contributed by atoms with Crippen LogP contribution in [0.3, 0.4) is 0 Å². The Labute approximate surface area is 126 Å². The van der Waals surface area contributed by atoms with Crippen molar-refractivity contribution in [2.24, 2.45) is 5.73 Å². The summed E-state index contributed by atoms with van der Waals surface area (Å²) < 4.78 is 0. The van der Waals surface area contributed by atoms with E-state index in [1.807, 2.05) is 18.2 Å². The van der Waals surface area contributed by atoms with Gasteiger partial charge >= 0.3 is 5.97 Å². The molecule has 0 radical (unpaired) electrons. The average molecular weight is 297 g/mol. The Kier molecular flexibility index (Phi) is 3.71. The van der Waals surface area contributed by atoms with E-state index in [1.165, 1.54) is 0 Å². The van der Waals surface area contributed by atoms with E-state index in [2.05, 4.69) is 20.3 Å². The predicted molar refractivity (Wildman–Crippen MR) is 82.9 cm³/mol. The maximum Gasteiger partial charge on any atom is 0.320 e. The van der Waals surface area contributed by atoms with E-state index in [-0.39, 0.29) is 6.42 Å². The second-order valence-corrected chi connectivity index (χ2v) is 4.89. The number of anilines is 2. The van der Waals surface area contributed by atoms with Crippen LogP contribution in [0.2, 0.25) is 0 Å². The van der Waals surface area contributed by atoms with Crippen LogP contribution >= 0.6 is 0 Å². The first-order valence-electron chi connectivity index (χ1n) is 6.76. The van der Waals surface area contributed by atoms with Crippen LogP contribution in [0.25, 0.3) is 10.9 Å². The molecule has 0 unspecified atom stereocenters. The van der Waals surface area contributed by atoms with E-state index in [1.54, 1.807) is 24.7 Å². The maximum atomic E-state index is 10.9. The van der Waals surface area contributed by atoms with Crippen LogP contribution < -0.4 is 11.1 Å². The highest BCUT2D eigenvalue weighted by atomic mass is 16.4. The fourth-order valence-corrected chi connectivity index (χ4v) is 2.29. The third-order valence-corrected chi connectivity index (χ3v) is 3.37. The zero-order valence-electron chi connectivity index (χ0n) is 11.7. The number of H-pyrrole nitrogens is 1. The zero-order chi connectivity index (χ0) is 15.5. The van der Waals surface area contributed by atoms with Crippen molar-refractivity contribution in [3.63, 3.8) is 0 Å². The molecular weight excluding hydrogens is 282 g/mol. The lowest BCUT2D eigenvalue weighted by Gasteiger charge is -2.07. The monoisotopic (exact) mass is 297 g/mol. The number of aliphatic carboxylic acids is 1. The quantitative estimate of drug-likeness (QED) is 0.569. The van der Waals surface area contributed by atoms with Gasteiger partial charge in [0, 0.05) is 30.4 Å². The molecule has 7 nitrogen and oxygen atoms in total. The lowest BCUT2D eigenvalue weighted by atomic mass is 10.1. The number of carbonyl (C=O) groups is 1. The number of hydrogen-bond acceptors (Lipinski definition) is 5. The SMILES string of the molecule is N[C@@H](Cc1c[nH]c2c(Nc3ncccn3)cccc12)C(=O)O. The predicted octanol–water partition coefficient (Wildman–Crippen LogP) is 1.66. The summed E-state index contributed by atoms with van der Waals surface area (Å²) in [6.45, 7) is 0. The van der Waals surface area contributed by atoms with Crippen LogP contribution in [0.4, 0.5) is 11.6 Å². The standard InChI is InChI=1S/C15H15N5O2/c16-11(14(21)22)7-9-8-19-13-10(9)3-1-4-12(13)20-15-17-5-2-6-18-15/h1-6,8,11,19H,7,16H2,(H,21,22)(H,17,18,20)/t11-/m0/s1. The summed E-state index contributed by atoms with van der Waals surface area (Å²) >= 11 is 0. The molecule has 2 aromatic heterocycles. The van der Waals surface area contributed by atoms with Crippen LogP contribution in [-0.2, 0) is 11.2 Å². The van der Waals surface area contributed by atoms with Crippen molar-refractivity contribution < 1.29 is 9.90 Å². The molecule has 3 rings (SSSR count). The Morgan fingerprint density at radius 3 is 2.82 bits per heavy atom. The molecule has 0 aliphatic heterocycles. The van der Waals surface area contributed by atoms with Gasteiger partial charge in [0.05, 0.1) is 11.2 Å². The molecule has 0 aliphatic rings. The first-order valence-corrected chi connectivity index (χ1v) is 6.76. The summed E-state index contributed by atoms with van der Waals surface area (Å²) in [6, 6.07) is 6.53. The molecule has 0 saturated carbocycles. The number of aromatic amines is 1. The fourth-order valence-electron chi connectivity index (χ4n) is 2.29. The molecule has 0 amide bonds. The van der Waals surface area contributed by atoms with Gasteiger partial charge < -0.3 is 21.1 Å². The molecule has 0 spiro atoms. The molecule has 112 valence electrons. The van der Waals surface area contributed by atoms with Crippen molar-refractivity contribution in [3.8, 4) is 0 Å². The lowest BCUT2D eigenvalue weighted by molar-refractivity contribution is -0.138. The third-order valence-electron chi connectivity index (χ3n) is 3.37. The van der Waals surface area contributed by atoms with E-state index in [0.29, 0.717) is 5.95 Å². The van der Waals surface area contributed by atoms with Gasteiger partial charge in [-0.3, -0.25) is 4.79 Å². The molecule has 22 heavy (non-hydrogen) atoms. The minimum atomic E-state index is -1.01. The molecule has 7 heteroatoms. The number of carboxylic acid groups (broad SMARTS) is 1. The van der Waals surface area contributed by atoms with Crippen molar-refractivity contribution >= 4 is 28.5 Å². The van der Waals surface area contributed by atoms with Crippen molar-refractivity contribution in [1.82, 2.24) is 15.0 Å². The molecular formula is C15H15N5O2. The molecule has 0 bridgehead atoms. The van der Waals surface area contributed by atoms with Crippen LogP contribution in [0.15, 0.2) is 42.9 Å². The van der Waals surface area contributed by atoms with Gasteiger partial charge in [0.15, 0.2) is 0 Å². The minimum absolute atomic E-state index is 0.265. The number of para-hydroxylation sites is 1. The first-order chi connectivity index (χ1) is 10.6. The number of benzene rings is 1. The Balaban J connectivity index is 1.93. The molecule has 5 N–H and O–H groups in total. The minimum Gasteiger partial charge on any atom is -0.480 e. The van der Waals surface area contributed by atoms with E-state index in [9.17, 15) is 4.79 Å². The summed E-state index contributed by atoms with van der Waals surface area (Å²) in [4.78, 5) is 22.3. The van der Waals surface area contributed by atoms with E-state index < -0.39 is 12.0 Å². The number of carboxylic acids is 1. The summed E-state index contributed by atoms with van der Waals surface area (Å²) in [5.41, 5.74) is 8.16. The molecule has 0 saturated heterocycles. The van der Waals surface area contributed by atoms with Gasteiger partial charge in [-0.25, -0.2) is 9.97 Å². The van der Waals surface area contributed by atoms with Gasteiger partial charge in [0.25, 0.3) is 0 Å². The number of rotatable bonds is 5. The fraction of sp³-hybridized carbons (Fsp3) is 0.133. The van der Waals surface area contributed by atoms with Crippen LogP contribution in [-0.4, -0.2) is 32.1 Å². The van der Waals surface area contributed by atoms with Gasteiger partial charge in [0.1, 0.15) is 6.04 Å². The number of nitrogens with zero attached hydrogens (tertiary/aromatic N) is 2. The second-order valence-electron chi connectivity index (χ2n) is 4.89. The van der Waals surface area contributed by atoms with Crippen molar-refractivity contribution in [3.05, 3.63) is 48.4 Å². The van der Waals surface area contributed by atoms with E-state index in [4.69, 9.17) is 10.8 Å². The van der Waals surface area contributed by atoms with E-state index >= 15 is 0 Å². The highest BCUT2D eigenvalue weighted by Gasteiger charge is 2.15. The van der Waals surface area contributed by atoms with Crippen LogP contribution in [0.5, 0.6) is 0 Å². The van der Waals surface area contributed by atoms with Gasteiger partial charge in [0.2, 0.25) is 5.95 Å². The first kappa shape index (κ1) is 14.0. The number of hydrogen-bond donors (Lipinski definition) is 4. The van der Waals surface area contributed by atoms with Gasteiger partial charge in [-0.15, -0.1) is 0 Å². The number of aromatic nitrogens is 3. The van der Waals surface area contributed by atoms with Gasteiger partial charge in [-0.05, 0) is 17.7 Å². The Morgan fingerprint density at radius 1 is 1.32 bits per heavy atom. The summed E-state index contributed by atoms with van der Waals surface area (Å²) in [6.07, 6.45) is 5.36. The topological polar surface area (TPSA) is 117 Å². The average Bonchev–Trinajstić information content (AvgIpc) is 2.92. The number of fused-ring (bicyclic) bond motifs is 1. The Hall–Kier alpha value is -2.93. The van der Waals surface area contributed by atoms with Crippen molar-refractivity contribution in [1.29, 1.82) is 0 Å². The molecule has 0 fully saturated rings. The summed E-state index contributed by atoms with van der Waals surface area (Å²) in [7, 11) is 0. The zero-order valence-corrected chi connectivity index (χ0v) is 11.7. The molecule has 1 aromatic carbocycles. The summed E-state index contributed by atoms with van der Waals surface area (Å²) in [5, 5.41) is 13.0. The highest BCUT2D eigenvalue weighted by Crippen LogP contribution is 2.27. The Morgan fingerprint density at radius 2 is 2.09 bits per heavy atom. The molecule has 0 aliphatic carbocycles. The van der Waals surface area contributed by atoms with Crippen LogP contribution in [0, 0.1) is 0 Å². The van der Waals surface area contributed by atoms with Gasteiger partial charge in [-0.2, -0.15) is 0 Å². The second kappa shape index (κ2) is 5.82. The Bertz CT molecular complexity index is 800. The molecule has 1 atom stereocenters. The molecule has 3 aromatic rings. The van der Waals surface area contributed by atoms with Crippen molar-refractivity contribution in [2.75, 3.05) is 5.32 Å². The van der Waals surface area contributed by atoms with Gasteiger partial charge in [-0.1, -0.05) is 12.1 Å². The molecule has 2 heterocycles. The maximum absolute atomic E-state index is 10.9. The largest absolute Gasteiger partial charge is 0.480 e. The van der Waals surface area contributed by atoms with Crippen LogP contribution in [0.1, 0.15) is 5.56 Å². The smallest absolute Gasteiger partial charge is 0.320 e.